The lowest BCUT2D eigenvalue weighted by molar-refractivity contribution is -0.124. The van der Waals surface area contributed by atoms with Gasteiger partial charge in [0.2, 0.25) is 5.91 Å². The third kappa shape index (κ3) is 2.50. The van der Waals surface area contributed by atoms with E-state index in [9.17, 15) is 10.1 Å². The summed E-state index contributed by atoms with van der Waals surface area (Å²) >= 11 is 0. The van der Waals surface area contributed by atoms with Crippen LogP contribution in [0.1, 0.15) is 19.8 Å². The number of hydrogen-bond donors (Lipinski definition) is 0. The molecule has 8 nitrogen and oxygen atoms in total. The Balaban J connectivity index is 1.57. The van der Waals surface area contributed by atoms with Crippen LogP contribution in [0.5, 0.6) is 5.75 Å². The summed E-state index contributed by atoms with van der Waals surface area (Å²) in [5.74, 6) is 1.20. The second-order valence-electron chi connectivity index (χ2n) is 7.79. The van der Waals surface area contributed by atoms with Crippen LogP contribution in [-0.4, -0.2) is 39.1 Å². The first-order chi connectivity index (χ1) is 14.1. The molecule has 0 aromatic carbocycles. The Bertz CT molecular complexity index is 1140. The van der Waals surface area contributed by atoms with Crippen LogP contribution < -0.4 is 9.64 Å². The summed E-state index contributed by atoms with van der Waals surface area (Å²) in [4.78, 5) is 23.8. The molecule has 2 atom stereocenters. The number of amides is 1. The van der Waals surface area contributed by atoms with Crippen molar-refractivity contribution in [3.05, 3.63) is 36.9 Å². The third-order valence-electron chi connectivity index (χ3n) is 6.14. The van der Waals surface area contributed by atoms with Gasteiger partial charge in [-0.1, -0.05) is 6.92 Å². The lowest BCUT2D eigenvalue weighted by Gasteiger charge is -2.23. The van der Waals surface area contributed by atoms with E-state index in [-0.39, 0.29) is 17.7 Å². The predicted octanol–water partition coefficient (Wildman–Crippen LogP) is 2.70. The number of aromatic nitrogens is 4. The monoisotopic (exact) mass is 388 g/mol. The number of fused-ring (bicyclic) bond motifs is 1. The predicted molar refractivity (Wildman–Crippen MR) is 105 cm³/mol. The highest BCUT2D eigenvalue weighted by molar-refractivity contribution is 6.05. The molecule has 1 aliphatic carbocycles. The largest absolute Gasteiger partial charge is 0.494 e. The summed E-state index contributed by atoms with van der Waals surface area (Å²) in [5, 5.41) is 14.3. The summed E-state index contributed by atoms with van der Waals surface area (Å²) in [6.07, 6.45) is 8.63. The standard InChI is InChI=1S/C21H20N6O2/c1-13-10-26(20(28)21(13,12-22)15-3-4-15)17-5-6-25-27-11-14(7-18(17)27)19-23-8-16(29-2)9-24-19/h5-9,11,13,15H,3-4,10H2,1-2H3/t13-,21+/m1/s1. The van der Waals surface area contributed by atoms with Crippen molar-refractivity contribution < 1.29 is 9.53 Å². The minimum Gasteiger partial charge on any atom is -0.494 e. The van der Waals surface area contributed by atoms with E-state index in [1.54, 1.807) is 35.1 Å². The summed E-state index contributed by atoms with van der Waals surface area (Å²) in [6, 6.07) is 6.14. The van der Waals surface area contributed by atoms with Gasteiger partial charge in [-0.05, 0) is 30.9 Å². The molecule has 3 aromatic rings. The zero-order chi connectivity index (χ0) is 20.2. The van der Waals surface area contributed by atoms with Gasteiger partial charge in [-0.25, -0.2) is 14.5 Å². The van der Waals surface area contributed by atoms with Crippen molar-refractivity contribution >= 4 is 17.1 Å². The van der Waals surface area contributed by atoms with Gasteiger partial charge in [-0.3, -0.25) is 4.79 Å². The lowest BCUT2D eigenvalue weighted by Crippen LogP contribution is -2.37. The first kappa shape index (κ1) is 17.6. The maximum absolute atomic E-state index is 13.4. The third-order valence-corrected chi connectivity index (χ3v) is 6.14. The highest BCUT2D eigenvalue weighted by Gasteiger charge is 2.61. The van der Waals surface area contributed by atoms with Gasteiger partial charge >= 0.3 is 0 Å². The van der Waals surface area contributed by atoms with E-state index in [2.05, 4.69) is 21.1 Å². The van der Waals surface area contributed by atoms with Crippen LogP contribution in [0.4, 0.5) is 5.69 Å². The number of rotatable bonds is 4. The number of anilines is 1. The van der Waals surface area contributed by atoms with Gasteiger partial charge in [0.1, 0.15) is 5.41 Å². The zero-order valence-corrected chi connectivity index (χ0v) is 16.2. The summed E-state index contributed by atoms with van der Waals surface area (Å²) in [6.45, 7) is 2.54. The molecule has 0 spiro atoms. The van der Waals surface area contributed by atoms with Crippen molar-refractivity contribution in [2.75, 3.05) is 18.6 Å². The van der Waals surface area contributed by atoms with Crippen LogP contribution in [-0.2, 0) is 4.79 Å². The van der Waals surface area contributed by atoms with E-state index >= 15 is 0 Å². The SMILES string of the molecule is COc1cnc(-c2cc3c(N4C[C@@H](C)[C@@](C#N)(C5CC5)C4=O)ccnn3c2)nc1. The fourth-order valence-electron chi connectivity index (χ4n) is 4.43. The quantitative estimate of drug-likeness (QED) is 0.682. The summed E-state index contributed by atoms with van der Waals surface area (Å²) < 4.78 is 6.84. The smallest absolute Gasteiger partial charge is 0.248 e. The normalized spacial score (nSPS) is 24.1. The molecule has 8 heteroatoms. The first-order valence-electron chi connectivity index (χ1n) is 9.65. The Morgan fingerprint density at radius 1 is 1.31 bits per heavy atom. The van der Waals surface area contributed by atoms with Gasteiger partial charge in [-0.15, -0.1) is 0 Å². The lowest BCUT2D eigenvalue weighted by atomic mass is 9.75. The van der Waals surface area contributed by atoms with E-state index in [4.69, 9.17) is 4.74 Å². The minimum atomic E-state index is -0.908. The van der Waals surface area contributed by atoms with E-state index in [0.29, 0.717) is 18.1 Å². The van der Waals surface area contributed by atoms with Crippen molar-refractivity contribution in [2.45, 2.75) is 19.8 Å². The highest BCUT2D eigenvalue weighted by Crippen LogP contribution is 2.54. The second-order valence-corrected chi connectivity index (χ2v) is 7.79. The fraction of sp³-hybridized carbons (Fsp3) is 0.381. The molecule has 1 aliphatic heterocycles. The van der Waals surface area contributed by atoms with Gasteiger partial charge in [0.05, 0.1) is 36.8 Å². The molecule has 4 heterocycles. The van der Waals surface area contributed by atoms with Crippen LogP contribution in [0, 0.1) is 28.6 Å². The van der Waals surface area contributed by atoms with E-state index < -0.39 is 5.41 Å². The first-order valence-corrected chi connectivity index (χ1v) is 9.65. The van der Waals surface area contributed by atoms with Crippen LogP contribution in [0.15, 0.2) is 36.9 Å². The number of nitrogens with zero attached hydrogens (tertiary/aromatic N) is 6. The van der Waals surface area contributed by atoms with Crippen molar-refractivity contribution in [3.8, 4) is 23.2 Å². The number of hydrogen-bond acceptors (Lipinski definition) is 6. The molecular weight excluding hydrogens is 368 g/mol. The van der Waals surface area contributed by atoms with Crippen molar-refractivity contribution in [1.29, 1.82) is 5.26 Å². The van der Waals surface area contributed by atoms with Crippen molar-refractivity contribution in [1.82, 2.24) is 19.6 Å². The number of ether oxygens (including phenoxy) is 1. The molecule has 5 rings (SSSR count). The van der Waals surface area contributed by atoms with Gasteiger partial charge in [0, 0.05) is 30.4 Å². The van der Waals surface area contributed by atoms with Gasteiger partial charge in [-0.2, -0.15) is 10.4 Å². The molecule has 146 valence electrons. The molecule has 3 aromatic heterocycles. The average Bonchev–Trinajstić information content (AvgIpc) is 3.44. The summed E-state index contributed by atoms with van der Waals surface area (Å²) in [5.41, 5.74) is 1.43. The van der Waals surface area contributed by atoms with Gasteiger partial charge in [0.25, 0.3) is 0 Å². The maximum atomic E-state index is 13.4. The van der Waals surface area contributed by atoms with Gasteiger partial charge < -0.3 is 9.64 Å². The Kier molecular flexibility index (Phi) is 3.81. The van der Waals surface area contributed by atoms with Crippen LogP contribution in [0.3, 0.4) is 0 Å². The molecule has 0 radical (unpaired) electrons. The minimum absolute atomic E-state index is 0.0138. The Morgan fingerprint density at radius 2 is 2.07 bits per heavy atom. The topological polar surface area (TPSA) is 96.4 Å². The molecule has 1 saturated carbocycles. The Morgan fingerprint density at radius 3 is 2.72 bits per heavy atom. The van der Waals surface area contributed by atoms with Crippen LogP contribution >= 0.6 is 0 Å². The molecule has 2 fully saturated rings. The number of carbonyl (C=O) groups is 1. The number of nitriles is 1. The van der Waals surface area contributed by atoms with Crippen LogP contribution in [0.25, 0.3) is 16.9 Å². The van der Waals surface area contributed by atoms with Crippen molar-refractivity contribution in [3.63, 3.8) is 0 Å². The van der Waals surface area contributed by atoms with E-state index in [1.165, 1.54) is 0 Å². The maximum Gasteiger partial charge on any atom is 0.248 e. The summed E-state index contributed by atoms with van der Waals surface area (Å²) in [7, 11) is 1.57. The zero-order valence-electron chi connectivity index (χ0n) is 16.2. The molecule has 1 saturated heterocycles. The molecule has 2 aliphatic rings. The number of methoxy groups -OCH3 is 1. The molecule has 1 amide bonds. The molecule has 0 unspecified atom stereocenters. The van der Waals surface area contributed by atoms with E-state index in [0.717, 1.165) is 29.6 Å². The highest BCUT2D eigenvalue weighted by atomic mass is 16.5. The molecular formula is C21H20N6O2. The van der Waals surface area contributed by atoms with Crippen molar-refractivity contribution in [2.24, 2.45) is 17.3 Å². The second kappa shape index (κ2) is 6.27. The molecule has 0 N–H and O–H groups in total. The Hall–Kier alpha value is -3.47. The van der Waals surface area contributed by atoms with Gasteiger partial charge in [0.15, 0.2) is 11.6 Å². The Labute approximate surface area is 167 Å². The molecule has 29 heavy (non-hydrogen) atoms. The fourth-order valence-corrected chi connectivity index (χ4v) is 4.43. The number of carbonyl (C=O) groups excluding carboxylic acids is 1. The molecule has 0 bridgehead atoms. The average molecular weight is 388 g/mol. The van der Waals surface area contributed by atoms with E-state index in [1.807, 2.05) is 25.3 Å². The van der Waals surface area contributed by atoms with Crippen LogP contribution in [0.2, 0.25) is 0 Å².